The highest BCUT2D eigenvalue weighted by molar-refractivity contribution is 5.51. The summed E-state index contributed by atoms with van der Waals surface area (Å²) in [6.45, 7) is 1.51. The molecule has 3 aromatic rings. The Morgan fingerprint density at radius 2 is 2.20 bits per heavy atom. The summed E-state index contributed by atoms with van der Waals surface area (Å²) in [5.74, 6) is 0.802. The first-order chi connectivity index (χ1) is 9.76. The van der Waals surface area contributed by atoms with Crippen LogP contribution in [-0.2, 0) is 13.0 Å². The fraction of sp³-hybridized carbons (Fsp3) is 0.364. The SMILES string of the molecule is Cc1nonc1Cc1nc(-c2cnn(CCF)c2)no1. The van der Waals surface area contributed by atoms with Crippen LogP contribution in [0.3, 0.4) is 0 Å². The third-order valence-corrected chi connectivity index (χ3v) is 2.74. The minimum Gasteiger partial charge on any atom is -0.339 e. The summed E-state index contributed by atoms with van der Waals surface area (Å²) in [6.07, 6.45) is 3.57. The van der Waals surface area contributed by atoms with E-state index in [1.54, 1.807) is 19.3 Å². The molecule has 9 heteroatoms. The van der Waals surface area contributed by atoms with Crippen LogP contribution in [0.1, 0.15) is 17.3 Å². The quantitative estimate of drug-likeness (QED) is 0.691. The molecule has 0 bridgehead atoms. The van der Waals surface area contributed by atoms with E-state index >= 15 is 0 Å². The van der Waals surface area contributed by atoms with Crippen LogP contribution in [0.4, 0.5) is 4.39 Å². The number of hydrogen-bond acceptors (Lipinski definition) is 7. The fourth-order valence-electron chi connectivity index (χ4n) is 1.68. The molecule has 0 aliphatic rings. The Balaban J connectivity index is 1.77. The van der Waals surface area contributed by atoms with Crippen LogP contribution in [0.2, 0.25) is 0 Å². The summed E-state index contributed by atoms with van der Waals surface area (Å²) in [5.41, 5.74) is 2.00. The van der Waals surface area contributed by atoms with Crippen LogP contribution in [0.5, 0.6) is 0 Å². The van der Waals surface area contributed by atoms with E-state index < -0.39 is 6.67 Å². The van der Waals surface area contributed by atoms with E-state index in [0.717, 1.165) is 0 Å². The molecule has 0 atom stereocenters. The van der Waals surface area contributed by atoms with Gasteiger partial charge in [-0.25, -0.2) is 9.02 Å². The Kier molecular flexibility index (Phi) is 3.23. The van der Waals surface area contributed by atoms with Crippen molar-refractivity contribution in [1.82, 2.24) is 30.2 Å². The lowest BCUT2D eigenvalue weighted by molar-refractivity contribution is 0.300. The fourth-order valence-corrected chi connectivity index (χ4v) is 1.68. The van der Waals surface area contributed by atoms with Gasteiger partial charge in [-0.1, -0.05) is 15.5 Å². The zero-order valence-corrected chi connectivity index (χ0v) is 10.7. The van der Waals surface area contributed by atoms with Crippen molar-refractivity contribution in [1.29, 1.82) is 0 Å². The predicted molar refractivity (Wildman–Crippen MR) is 63.3 cm³/mol. The van der Waals surface area contributed by atoms with Crippen molar-refractivity contribution in [2.24, 2.45) is 0 Å². The maximum absolute atomic E-state index is 12.2. The highest BCUT2D eigenvalue weighted by Crippen LogP contribution is 2.16. The number of aromatic nitrogens is 6. The first kappa shape index (κ1) is 12.5. The molecule has 0 fully saturated rings. The van der Waals surface area contributed by atoms with Gasteiger partial charge in [0.05, 0.1) is 24.7 Å². The topological polar surface area (TPSA) is 95.7 Å². The highest BCUT2D eigenvalue weighted by atomic mass is 19.1. The molecule has 0 radical (unpaired) electrons. The summed E-state index contributed by atoms with van der Waals surface area (Å²) in [6, 6.07) is 0. The van der Waals surface area contributed by atoms with Crippen LogP contribution in [0, 0.1) is 6.92 Å². The second-order valence-electron chi connectivity index (χ2n) is 4.17. The van der Waals surface area contributed by atoms with Crippen molar-refractivity contribution >= 4 is 0 Å². The van der Waals surface area contributed by atoms with E-state index in [0.29, 0.717) is 35.1 Å². The molecule has 104 valence electrons. The molecule has 0 N–H and O–H groups in total. The molecular weight excluding hydrogens is 267 g/mol. The minimum atomic E-state index is -0.475. The molecule has 3 aromatic heterocycles. The lowest BCUT2D eigenvalue weighted by Crippen LogP contribution is -1.98. The van der Waals surface area contributed by atoms with Gasteiger partial charge >= 0.3 is 0 Å². The second kappa shape index (κ2) is 5.19. The van der Waals surface area contributed by atoms with E-state index in [4.69, 9.17) is 4.52 Å². The van der Waals surface area contributed by atoms with Gasteiger partial charge in [-0.15, -0.1) is 0 Å². The smallest absolute Gasteiger partial charge is 0.233 e. The molecule has 0 spiro atoms. The zero-order valence-electron chi connectivity index (χ0n) is 10.7. The van der Waals surface area contributed by atoms with Gasteiger partial charge in [-0.05, 0) is 6.92 Å². The van der Waals surface area contributed by atoms with Crippen LogP contribution >= 0.6 is 0 Å². The van der Waals surface area contributed by atoms with Crippen LogP contribution in [0.25, 0.3) is 11.4 Å². The summed E-state index contributed by atoms with van der Waals surface area (Å²) >= 11 is 0. The Bertz CT molecular complexity index is 703. The van der Waals surface area contributed by atoms with Gasteiger partial charge in [-0.3, -0.25) is 4.68 Å². The Labute approximate surface area is 112 Å². The monoisotopic (exact) mass is 278 g/mol. The lowest BCUT2D eigenvalue weighted by atomic mass is 10.2. The first-order valence-corrected chi connectivity index (χ1v) is 5.95. The van der Waals surface area contributed by atoms with E-state index in [1.807, 2.05) is 0 Å². The van der Waals surface area contributed by atoms with Crippen molar-refractivity contribution in [2.75, 3.05) is 6.67 Å². The van der Waals surface area contributed by atoms with Gasteiger partial charge in [0.2, 0.25) is 11.7 Å². The molecule has 3 heterocycles. The number of nitrogens with zero attached hydrogens (tertiary/aromatic N) is 6. The Morgan fingerprint density at radius 1 is 1.30 bits per heavy atom. The van der Waals surface area contributed by atoms with Crippen molar-refractivity contribution in [3.05, 3.63) is 29.7 Å². The summed E-state index contributed by atoms with van der Waals surface area (Å²) in [7, 11) is 0. The molecular formula is C11H11FN6O2. The van der Waals surface area contributed by atoms with Gasteiger partial charge in [0.25, 0.3) is 0 Å². The standard InChI is InChI=1S/C11H11FN6O2/c1-7-9(16-20-15-7)4-10-14-11(17-19-10)8-5-13-18(6-8)3-2-12/h5-6H,2-4H2,1H3. The summed E-state index contributed by atoms with van der Waals surface area (Å²) in [4.78, 5) is 4.24. The molecule has 8 nitrogen and oxygen atoms in total. The largest absolute Gasteiger partial charge is 0.339 e. The van der Waals surface area contributed by atoms with Crippen molar-refractivity contribution in [3.63, 3.8) is 0 Å². The average Bonchev–Trinajstić information content (AvgIpc) is 3.13. The van der Waals surface area contributed by atoms with E-state index in [1.165, 1.54) is 4.68 Å². The van der Waals surface area contributed by atoms with Crippen LogP contribution in [-0.4, -0.2) is 36.9 Å². The van der Waals surface area contributed by atoms with Crippen molar-refractivity contribution in [2.45, 2.75) is 19.9 Å². The number of alkyl halides is 1. The molecule has 0 saturated heterocycles. The molecule has 0 amide bonds. The van der Waals surface area contributed by atoms with E-state index in [9.17, 15) is 4.39 Å². The molecule has 0 unspecified atom stereocenters. The first-order valence-electron chi connectivity index (χ1n) is 5.95. The second-order valence-corrected chi connectivity index (χ2v) is 4.17. The minimum absolute atomic E-state index is 0.203. The van der Waals surface area contributed by atoms with Gasteiger partial charge in [0.15, 0.2) is 0 Å². The van der Waals surface area contributed by atoms with Gasteiger partial charge in [0.1, 0.15) is 18.1 Å². The third-order valence-electron chi connectivity index (χ3n) is 2.74. The van der Waals surface area contributed by atoms with Crippen molar-refractivity contribution in [3.8, 4) is 11.4 Å². The molecule has 3 rings (SSSR count). The number of rotatable bonds is 5. The van der Waals surface area contributed by atoms with Gasteiger partial charge < -0.3 is 4.52 Å². The number of hydrogen-bond donors (Lipinski definition) is 0. The summed E-state index contributed by atoms with van der Waals surface area (Å²) in [5, 5.41) is 15.3. The molecule has 0 aliphatic heterocycles. The molecule has 0 saturated carbocycles. The van der Waals surface area contributed by atoms with Crippen LogP contribution in [0.15, 0.2) is 21.5 Å². The third kappa shape index (κ3) is 2.42. The molecule has 0 aliphatic carbocycles. The Morgan fingerprint density at radius 3 is 2.95 bits per heavy atom. The normalized spacial score (nSPS) is 11.1. The van der Waals surface area contributed by atoms with Gasteiger partial charge in [0, 0.05) is 6.20 Å². The predicted octanol–water partition coefficient (Wildman–Crippen LogP) is 1.18. The number of halogens is 1. The zero-order chi connectivity index (χ0) is 13.9. The average molecular weight is 278 g/mol. The summed E-state index contributed by atoms with van der Waals surface area (Å²) < 4.78 is 23.4. The van der Waals surface area contributed by atoms with Gasteiger partial charge in [-0.2, -0.15) is 10.1 Å². The molecule has 0 aromatic carbocycles. The Hall–Kier alpha value is -2.58. The van der Waals surface area contributed by atoms with Crippen molar-refractivity contribution < 1.29 is 13.5 Å². The lowest BCUT2D eigenvalue weighted by Gasteiger charge is -1.92. The van der Waals surface area contributed by atoms with Crippen LogP contribution < -0.4 is 0 Å². The maximum atomic E-state index is 12.2. The maximum Gasteiger partial charge on any atom is 0.233 e. The van der Waals surface area contributed by atoms with E-state index in [2.05, 4.69) is 30.2 Å². The molecule has 20 heavy (non-hydrogen) atoms. The van der Waals surface area contributed by atoms with E-state index in [-0.39, 0.29) is 6.54 Å². The highest BCUT2D eigenvalue weighted by Gasteiger charge is 2.14. The number of aryl methyl sites for hydroxylation is 2.